The topological polar surface area (TPSA) is 52.7 Å². The molecular weight excluding hydrogens is 455 g/mol. The van der Waals surface area contributed by atoms with E-state index in [1.807, 2.05) is 60.3 Å². The highest BCUT2D eigenvalue weighted by Gasteiger charge is 2.21. The summed E-state index contributed by atoms with van der Waals surface area (Å²) in [4.78, 5) is 21.5. The third-order valence-corrected chi connectivity index (χ3v) is 6.41. The Morgan fingerprint density at radius 1 is 0.909 bits per heavy atom. The largest absolute Gasteiger partial charge is 0.337 e. The van der Waals surface area contributed by atoms with Gasteiger partial charge in [0.05, 0.1) is 23.5 Å². The molecule has 0 aliphatic heterocycles. The normalized spacial score (nSPS) is 12.2. The summed E-state index contributed by atoms with van der Waals surface area (Å²) in [5, 5.41) is 1.99. The van der Waals surface area contributed by atoms with E-state index >= 15 is 0 Å². The Balaban J connectivity index is 1.79. The minimum Gasteiger partial charge on any atom is -0.337 e. The molecule has 33 heavy (non-hydrogen) atoms. The van der Waals surface area contributed by atoms with Crippen molar-refractivity contribution in [3.8, 4) is 11.3 Å². The molecule has 3 heterocycles. The number of aryl methyl sites for hydroxylation is 2. The van der Waals surface area contributed by atoms with E-state index in [9.17, 15) is 4.79 Å². The number of nitrogens with zero attached hydrogens (tertiary/aromatic N) is 4. The summed E-state index contributed by atoms with van der Waals surface area (Å²) in [6.07, 6.45) is 3.67. The quantitative estimate of drug-likeness (QED) is 0.308. The lowest BCUT2D eigenvalue weighted by Gasteiger charge is -2.20. The maximum absolute atomic E-state index is 12.7. The Kier molecular flexibility index (Phi) is 5.52. The average molecular weight is 475 g/mol. The Morgan fingerprint density at radius 3 is 2.36 bits per heavy atom. The molecule has 2 aromatic carbocycles. The van der Waals surface area contributed by atoms with Crippen LogP contribution >= 0.6 is 23.2 Å². The molecule has 3 aromatic heterocycles. The van der Waals surface area contributed by atoms with E-state index in [0.717, 1.165) is 33.3 Å². The fourth-order valence-corrected chi connectivity index (χ4v) is 4.55. The van der Waals surface area contributed by atoms with Crippen LogP contribution in [0, 0.1) is 0 Å². The van der Waals surface area contributed by atoms with Crippen molar-refractivity contribution in [1.82, 2.24) is 19.1 Å². The summed E-state index contributed by atoms with van der Waals surface area (Å²) in [6.45, 7) is 0. The second-order valence-electron chi connectivity index (χ2n) is 7.99. The van der Waals surface area contributed by atoms with Gasteiger partial charge in [-0.3, -0.25) is 4.79 Å². The van der Waals surface area contributed by atoms with Gasteiger partial charge < -0.3 is 9.13 Å². The van der Waals surface area contributed by atoms with Crippen molar-refractivity contribution in [3.05, 3.63) is 117 Å². The highest BCUT2D eigenvalue weighted by molar-refractivity contribution is 6.30. The molecule has 0 amide bonds. The van der Waals surface area contributed by atoms with E-state index in [4.69, 9.17) is 23.2 Å². The second kappa shape index (κ2) is 8.50. The molecule has 5 rings (SSSR count). The Hall–Kier alpha value is -3.41. The average Bonchev–Trinajstić information content (AvgIpc) is 3.23. The van der Waals surface area contributed by atoms with E-state index in [2.05, 4.69) is 22.1 Å². The summed E-state index contributed by atoms with van der Waals surface area (Å²) >= 11 is 12.3. The van der Waals surface area contributed by atoms with Gasteiger partial charge in [-0.15, -0.1) is 0 Å². The lowest BCUT2D eigenvalue weighted by molar-refractivity contribution is 0.793. The lowest BCUT2D eigenvalue weighted by atomic mass is 9.87. The van der Waals surface area contributed by atoms with Crippen molar-refractivity contribution >= 4 is 34.1 Å². The van der Waals surface area contributed by atoms with Crippen LogP contribution in [-0.2, 0) is 14.1 Å². The van der Waals surface area contributed by atoms with Crippen LogP contribution in [0.4, 0.5) is 0 Å². The summed E-state index contributed by atoms with van der Waals surface area (Å²) in [5.41, 5.74) is 5.33. The lowest BCUT2D eigenvalue weighted by Crippen LogP contribution is -2.17. The molecule has 0 bridgehead atoms. The van der Waals surface area contributed by atoms with Crippen LogP contribution in [0.1, 0.15) is 22.7 Å². The standard InChI is InChI=1S/C26H20Cl2N4O/c1-31-15-29-14-23(31)26(16-6-9-18(27)10-7-16)17-8-11-22-20(12-17)19(13-25(33)32(22)2)21-4-3-5-24(28)30-21/h3-15,26H,1-2H3/t26-/m0/s1. The third kappa shape index (κ3) is 3.94. The molecule has 0 aliphatic carbocycles. The van der Waals surface area contributed by atoms with Gasteiger partial charge >= 0.3 is 0 Å². The first-order valence-corrected chi connectivity index (χ1v) is 11.2. The molecule has 0 spiro atoms. The molecule has 0 N–H and O–H groups in total. The van der Waals surface area contributed by atoms with Crippen molar-refractivity contribution in [3.63, 3.8) is 0 Å². The van der Waals surface area contributed by atoms with Crippen LogP contribution in [0.15, 0.2) is 84.0 Å². The highest BCUT2D eigenvalue weighted by Crippen LogP contribution is 2.35. The van der Waals surface area contributed by atoms with Gasteiger partial charge in [-0.25, -0.2) is 9.97 Å². The molecule has 0 saturated carbocycles. The number of hydrogen-bond donors (Lipinski definition) is 0. The Bertz CT molecular complexity index is 1540. The highest BCUT2D eigenvalue weighted by atomic mass is 35.5. The van der Waals surface area contributed by atoms with Gasteiger partial charge in [0.15, 0.2) is 0 Å². The van der Waals surface area contributed by atoms with Crippen molar-refractivity contribution < 1.29 is 0 Å². The van der Waals surface area contributed by atoms with Crippen molar-refractivity contribution in [2.75, 3.05) is 0 Å². The van der Waals surface area contributed by atoms with Gasteiger partial charge in [0.25, 0.3) is 5.56 Å². The summed E-state index contributed by atoms with van der Waals surface area (Å²) in [5.74, 6) is -0.0726. The van der Waals surface area contributed by atoms with Gasteiger partial charge in [0.1, 0.15) is 5.15 Å². The number of fused-ring (bicyclic) bond motifs is 1. The van der Waals surface area contributed by atoms with Crippen LogP contribution in [0.3, 0.4) is 0 Å². The molecule has 164 valence electrons. The number of rotatable bonds is 4. The second-order valence-corrected chi connectivity index (χ2v) is 8.82. The molecule has 7 heteroatoms. The van der Waals surface area contributed by atoms with E-state index in [1.165, 1.54) is 0 Å². The van der Waals surface area contributed by atoms with Crippen molar-refractivity contribution in [1.29, 1.82) is 0 Å². The Labute approximate surface area is 200 Å². The van der Waals surface area contributed by atoms with Crippen LogP contribution < -0.4 is 5.56 Å². The van der Waals surface area contributed by atoms with E-state index in [0.29, 0.717) is 15.9 Å². The van der Waals surface area contributed by atoms with E-state index in [-0.39, 0.29) is 11.5 Å². The minimum absolute atomic E-state index is 0.0726. The maximum Gasteiger partial charge on any atom is 0.251 e. The van der Waals surface area contributed by atoms with Crippen molar-refractivity contribution in [2.24, 2.45) is 14.1 Å². The zero-order valence-corrected chi connectivity index (χ0v) is 19.5. The minimum atomic E-state index is -0.104. The van der Waals surface area contributed by atoms with Gasteiger partial charge in [-0.2, -0.15) is 0 Å². The van der Waals surface area contributed by atoms with Crippen molar-refractivity contribution in [2.45, 2.75) is 5.92 Å². The van der Waals surface area contributed by atoms with Crippen LogP contribution in [0.5, 0.6) is 0 Å². The number of halogens is 2. The zero-order chi connectivity index (χ0) is 23.1. The number of aromatic nitrogens is 4. The molecular formula is C26H20Cl2N4O. The molecule has 0 radical (unpaired) electrons. The molecule has 0 saturated heterocycles. The summed E-state index contributed by atoms with van der Waals surface area (Å²) in [6, 6.07) is 21.1. The van der Waals surface area contributed by atoms with Crippen LogP contribution in [0.25, 0.3) is 22.2 Å². The summed E-state index contributed by atoms with van der Waals surface area (Å²) in [7, 11) is 3.76. The number of imidazole rings is 1. The van der Waals surface area contributed by atoms with Gasteiger partial charge in [-0.1, -0.05) is 47.5 Å². The summed E-state index contributed by atoms with van der Waals surface area (Å²) < 4.78 is 3.66. The Morgan fingerprint density at radius 2 is 1.67 bits per heavy atom. The molecule has 5 aromatic rings. The van der Waals surface area contributed by atoms with E-state index in [1.54, 1.807) is 30.1 Å². The van der Waals surface area contributed by atoms with Gasteiger partial charge in [-0.05, 0) is 47.5 Å². The monoisotopic (exact) mass is 474 g/mol. The first-order valence-electron chi connectivity index (χ1n) is 10.4. The molecule has 0 fully saturated rings. The number of pyridine rings is 2. The van der Waals surface area contributed by atoms with Crippen LogP contribution in [0.2, 0.25) is 10.2 Å². The third-order valence-electron chi connectivity index (χ3n) is 5.95. The van der Waals surface area contributed by atoms with Crippen LogP contribution in [-0.4, -0.2) is 19.1 Å². The zero-order valence-electron chi connectivity index (χ0n) is 18.0. The first kappa shape index (κ1) is 21.4. The molecule has 0 unspecified atom stereocenters. The molecule has 0 aliphatic rings. The fourth-order valence-electron chi connectivity index (χ4n) is 4.26. The molecule has 1 atom stereocenters. The predicted molar refractivity (Wildman–Crippen MR) is 133 cm³/mol. The number of benzene rings is 2. The first-order chi connectivity index (χ1) is 15.9. The SMILES string of the molecule is Cn1cncc1[C@@H](c1ccc(Cl)cc1)c1ccc2c(c1)c(-c1cccc(Cl)n1)cc(=O)n2C. The van der Waals surface area contributed by atoms with Gasteiger partial charge in [0.2, 0.25) is 0 Å². The number of hydrogen-bond acceptors (Lipinski definition) is 3. The smallest absolute Gasteiger partial charge is 0.251 e. The maximum atomic E-state index is 12.7. The predicted octanol–water partition coefficient (Wildman–Crippen LogP) is 5.82. The molecule has 5 nitrogen and oxygen atoms in total. The van der Waals surface area contributed by atoms with Gasteiger partial charge in [0, 0.05) is 48.0 Å². The fraction of sp³-hybridized carbons (Fsp3) is 0.115. The van der Waals surface area contributed by atoms with E-state index < -0.39 is 0 Å².